The van der Waals surface area contributed by atoms with E-state index in [0.717, 1.165) is 0 Å². The standard InChI is InChI=1S/C8H10F4N2OS/c9-4(10)8(11,12)3-14-6(15)7(1-2-7)5(13)16/h4H,1-3H2,(H2,13,16)(H,14,15). The van der Waals surface area contributed by atoms with Gasteiger partial charge in [0.2, 0.25) is 5.91 Å². The molecule has 0 radical (unpaired) electrons. The molecule has 16 heavy (non-hydrogen) atoms. The number of carbonyl (C=O) groups excluding carboxylic acids is 1. The van der Waals surface area contributed by atoms with Gasteiger partial charge in [0.1, 0.15) is 0 Å². The molecule has 1 saturated carbocycles. The van der Waals surface area contributed by atoms with Crippen molar-refractivity contribution in [2.24, 2.45) is 11.1 Å². The molecular weight excluding hydrogens is 248 g/mol. The van der Waals surface area contributed by atoms with Gasteiger partial charge < -0.3 is 11.1 Å². The van der Waals surface area contributed by atoms with E-state index in [1.165, 1.54) is 0 Å². The van der Waals surface area contributed by atoms with Crippen LogP contribution >= 0.6 is 12.2 Å². The lowest BCUT2D eigenvalue weighted by Crippen LogP contribution is -2.46. The monoisotopic (exact) mass is 258 g/mol. The molecule has 8 heteroatoms. The van der Waals surface area contributed by atoms with Gasteiger partial charge in [0, 0.05) is 0 Å². The van der Waals surface area contributed by atoms with E-state index >= 15 is 0 Å². The Morgan fingerprint density at radius 3 is 2.31 bits per heavy atom. The van der Waals surface area contributed by atoms with Crippen LogP contribution in [0.2, 0.25) is 0 Å². The minimum Gasteiger partial charge on any atom is -0.392 e. The number of nitrogens with two attached hydrogens (primary N) is 1. The summed E-state index contributed by atoms with van der Waals surface area (Å²) in [6, 6.07) is 0. The SMILES string of the molecule is NC(=S)C1(C(=O)NCC(F)(F)C(F)F)CC1. The second-order valence-corrected chi connectivity index (χ2v) is 4.13. The number of hydrogen-bond donors (Lipinski definition) is 2. The summed E-state index contributed by atoms with van der Waals surface area (Å²) in [5, 5.41) is 1.75. The Morgan fingerprint density at radius 2 is 2.00 bits per heavy atom. The number of amides is 1. The average Bonchev–Trinajstić information content (AvgIpc) is 2.94. The first-order chi connectivity index (χ1) is 7.22. The van der Waals surface area contributed by atoms with Gasteiger partial charge in [0.05, 0.1) is 16.9 Å². The van der Waals surface area contributed by atoms with Crippen molar-refractivity contribution in [3.8, 4) is 0 Å². The predicted octanol–water partition coefficient (Wildman–Crippen LogP) is 1.07. The third-order valence-electron chi connectivity index (χ3n) is 2.46. The molecule has 0 unspecified atom stereocenters. The van der Waals surface area contributed by atoms with E-state index < -0.39 is 30.2 Å². The number of thiocarbonyl (C=S) groups is 1. The fraction of sp³-hybridized carbons (Fsp3) is 0.750. The second-order valence-electron chi connectivity index (χ2n) is 3.69. The number of nitrogens with one attached hydrogen (secondary N) is 1. The quantitative estimate of drug-likeness (QED) is 0.573. The normalized spacial score (nSPS) is 18.3. The van der Waals surface area contributed by atoms with Gasteiger partial charge in [0.25, 0.3) is 0 Å². The van der Waals surface area contributed by atoms with Gasteiger partial charge in [-0.25, -0.2) is 8.78 Å². The molecule has 0 aromatic carbocycles. The first-order valence-corrected chi connectivity index (χ1v) is 4.87. The Labute approximate surface area is 94.4 Å². The highest BCUT2D eigenvalue weighted by molar-refractivity contribution is 7.80. The molecule has 1 fully saturated rings. The van der Waals surface area contributed by atoms with Crippen molar-refractivity contribution in [3.63, 3.8) is 0 Å². The van der Waals surface area contributed by atoms with Crippen LogP contribution in [0, 0.1) is 5.41 Å². The largest absolute Gasteiger partial charge is 0.392 e. The summed E-state index contributed by atoms with van der Waals surface area (Å²) in [7, 11) is 0. The maximum Gasteiger partial charge on any atom is 0.324 e. The van der Waals surface area contributed by atoms with Crippen LogP contribution in [0.25, 0.3) is 0 Å². The van der Waals surface area contributed by atoms with E-state index in [9.17, 15) is 22.4 Å². The highest BCUT2D eigenvalue weighted by Crippen LogP contribution is 2.46. The lowest BCUT2D eigenvalue weighted by atomic mass is 10.1. The Bertz CT molecular complexity index is 317. The molecule has 3 N–H and O–H groups in total. The summed E-state index contributed by atoms with van der Waals surface area (Å²) in [6.45, 7) is -1.41. The van der Waals surface area contributed by atoms with Gasteiger partial charge in [-0.2, -0.15) is 8.78 Å². The fourth-order valence-electron chi connectivity index (χ4n) is 1.15. The van der Waals surface area contributed by atoms with E-state index in [4.69, 9.17) is 5.73 Å². The fourth-order valence-corrected chi connectivity index (χ4v) is 1.45. The van der Waals surface area contributed by atoms with E-state index in [1.807, 2.05) is 0 Å². The van der Waals surface area contributed by atoms with Crippen molar-refractivity contribution < 1.29 is 22.4 Å². The number of rotatable bonds is 5. The van der Waals surface area contributed by atoms with Crippen LogP contribution in [0.15, 0.2) is 0 Å². The molecule has 0 aromatic rings. The minimum atomic E-state index is -4.23. The van der Waals surface area contributed by atoms with Gasteiger partial charge in [-0.3, -0.25) is 4.79 Å². The van der Waals surface area contributed by atoms with Crippen molar-refractivity contribution in [1.82, 2.24) is 5.32 Å². The van der Waals surface area contributed by atoms with E-state index in [1.54, 1.807) is 5.32 Å². The molecule has 1 aliphatic carbocycles. The average molecular weight is 258 g/mol. The third kappa shape index (κ3) is 2.42. The summed E-state index contributed by atoms with van der Waals surface area (Å²) < 4.78 is 48.5. The van der Waals surface area contributed by atoms with Gasteiger partial charge in [-0.1, -0.05) is 12.2 Å². The zero-order valence-electron chi connectivity index (χ0n) is 8.10. The second kappa shape index (κ2) is 4.15. The summed E-state index contributed by atoms with van der Waals surface area (Å²) in [4.78, 5) is 11.3. The number of halogens is 4. The Morgan fingerprint density at radius 1 is 1.50 bits per heavy atom. The molecule has 1 aliphatic rings. The Balaban J connectivity index is 2.51. The lowest BCUT2D eigenvalue weighted by molar-refractivity contribution is -0.138. The molecule has 0 spiro atoms. The molecule has 0 atom stereocenters. The molecule has 0 aromatic heterocycles. The first-order valence-electron chi connectivity index (χ1n) is 4.46. The van der Waals surface area contributed by atoms with Crippen LogP contribution in [0.5, 0.6) is 0 Å². The highest BCUT2D eigenvalue weighted by Gasteiger charge is 2.53. The van der Waals surface area contributed by atoms with Crippen molar-refractivity contribution in [2.45, 2.75) is 25.2 Å². The molecule has 92 valence electrons. The first kappa shape index (κ1) is 13.1. The van der Waals surface area contributed by atoms with Crippen LogP contribution in [0.4, 0.5) is 17.6 Å². The Hall–Kier alpha value is -0.920. The van der Waals surface area contributed by atoms with Gasteiger partial charge >= 0.3 is 12.3 Å². The molecule has 1 amide bonds. The van der Waals surface area contributed by atoms with E-state index in [2.05, 4.69) is 12.2 Å². The number of hydrogen-bond acceptors (Lipinski definition) is 2. The van der Waals surface area contributed by atoms with Crippen LogP contribution in [-0.2, 0) is 4.79 Å². The molecule has 0 aliphatic heterocycles. The Kier molecular flexibility index (Phi) is 3.41. The lowest BCUT2D eigenvalue weighted by Gasteiger charge is -2.18. The maximum absolute atomic E-state index is 12.5. The predicted molar refractivity (Wildman–Crippen MR) is 52.4 cm³/mol. The molecule has 0 saturated heterocycles. The van der Waals surface area contributed by atoms with E-state index in [-0.39, 0.29) is 4.99 Å². The zero-order chi connectivity index (χ0) is 12.6. The van der Waals surface area contributed by atoms with E-state index in [0.29, 0.717) is 12.8 Å². The van der Waals surface area contributed by atoms with Crippen LogP contribution in [0.3, 0.4) is 0 Å². The molecular formula is C8H10F4N2OS. The highest BCUT2D eigenvalue weighted by atomic mass is 32.1. The van der Waals surface area contributed by atoms with Crippen molar-refractivity contribution in [1.29, 1.82) is 0 Å². The van der Waals surface area contributed by atoms with Gasteiger partial charge in [-0.05, 0) is 12.8 Å². The van der Waals surface area contributed by atoms with Crippen LogP contribution < -0.4 is 11.1 Å². The van der Waals surface area contributed by atoms with Crippen molar-refractivity contribution in [2.75, 3.05) is 6.54 Å². The van der Waals surface area contributed by atoms with Crippen LogP contribution in [0.1, 0.15) is 12.8 Å². The smallest absolute Gasteiger partial charge is 0.324 e. The summed E-state index contributed by atoms with van der Waals surface area (Å²) in [6.07, 6.45) is -3.07. The van der Waals surface area contributed by atoms with Crippen molar-refractivity contribution >= 4 is 23.1 Å². The molecule has 0 heterocycles. The van der Waals surface area contributed by atoms with Crippen molar-refractivity contribution in [3.05, 3.63) is 0 Å². The van der Waals surface area contributed by atoms with Gasteiger partial charge in [0.15, 0.2) is 0 Å². The molecule has 1 rings (SSSR count). The summed E-state index contributed by atoms with van der Waals surface area (Å²) in [5.74, 6) is -5.04. The zero-order valence-corrected chi connectivity index (χ0v) is 8.92. The summed E-state index contributed by atoms with van der Waals surface area (Å²) >= 11 is 4.61. The minimum absolute atomic E-state index is 0.0923. The van der Waals surface area contributed by atoms with Crippen LogP contribution in [-0.4, -0.2) is 29.8 Å². The summed E-state index contributed by atoms with van der Waals surface area (Å²) in [5.41, 5.74) is 4.16. The topological polar surface area (TPSA) is 55.1 Å². The maximum atomic E-state index is 12.5. The number of alkyl halides is 4. The van der Waals surface area contributed by atoms with Gasteiger partial charge in [-0.15, -0.1) is 0 Å². The molecule has 0 bridgehead atoms. The number of carbonyl (C=O) groups is 1. The third-order valence-corrected chi connectivity index (χ3v) is 2.85. The molecule has 3 nitrogen and oxygen atoms in total.